The summed E-state index contributed by atoms with van der Waals surface area (Å²) in [6.45, 7) is 10.0. The molecule has 0 saturated heterocycles. The van der Waals surface area contributed by atoms with Crippen molar-refractivity contribution in [1.29, 1.82) is 0 Å². The van der Waals surface area contributed by atoms with Crippen molar-refractivity contribution in [3.8, 4) is 11.3 Å². The van der Waals surface area contributed by atoms with Gasteiger partial charge in [-0.05, 0) is 57.4 Å². The molecule has 0 spiro atoms. The second kappa shape index (κ2) is 8.99. The zero-order valence-corrected chi connectivity index (χ0v) is 18.2. The molecule has 5 nitrogen and oxygen atoms in total. The van der Waals surface area contributed by atoms with E-state index in [4.69, 9.17) is 4.74 Å². The van der Waals surface area contributed by atoms with Gasteiger partial charge in [0.2, 0.25) is 5.91 Å². The minimum atomic E-state index is -0.378. The molecule has 0 radical (unpaired) electrons. The molecule has 0 unspecified atom stereocenters. The van der Waals surface area contributed by atoms with Crippen LogP contribution in [-0.2, 0) is 16.1 Å². The Hall–Kier alpha value is -3.34. The summed E-state index contributed by atoms with van der Waals surface area (Å²) in [5, 5.41) is 3.05. The van der Waals surface area contributed by atoms with Crippen LogP contribution in [0, 0.1) is 27.7 Å². The molecular weight excluding hydrogens is 376 g/mol. The summed E-state index contributed by atoms with van der Waals surface area (Å²) in [4.78, 5) is 25.4. The highest BCUT2D eigenvalue weighted by molar-refractivity contribution is 5.95. The minimum Gasteiger partial charge on any atom is -0.462 e. The molecule has 1 aromatic heterocycles. The van der Waals surface area contributed by atoms with Crippen molar-refractivity contribution in [1.82, 2.24) is 4.57 Å². The smallest absolute Gasteiger partial charge is 0.339 e. The summed E-state index contributed by atoms with van der Waals surface area (Å²) in [6, 6.07) is 15.6. The van der Waals surface area contributed by atoms with Crippen LogP contribution in [0.3, 0.4) is 0 Å². The molecule has 0 bridgehead atoms. The molecule has 0 fully saturated rings. The highest BCUT2D eigenvalue weighted by Crippen LogP contribution is 2.27. The first-order valence-electron chi connectivity index (χ1n) is 10.1. The normalized spacial score (nSPS) is 10.7. The number of carbonyl (C=O) groups is 2. The Kier molecular flexibility index (Phi) is 6.40. The Morgan fingerprint density at radius 3 is 2.20 bits per heavy atom. The van der Waals surface area contributed by atoms with Gasteiger partial charge in [0.15, 0.2) is 0 Å². The summed E-state index contributed by atoms with van der Waals surface area (Å²) >= 11 is 0. The van der Waals surface area contributed by atoms with Crippen LogP contribution in [-0.4, -0.2) is 23.1 Å². The Balaban J connectivity index is 1.96. The predicted molar refractivity (Wildman–Crippen MR) is 120 cm³/mol. The second-order valence-electron chi connectivity index (χ2n) is 7.52. The number of benzene rings is 2. The Labute approximate surface area is 177 Å². The van der Waals surface area contributed by atoms with Gasteiger partial charge >= 0.3 is 5.97 Å². The maximum atomic E-state index is 13.0. The van der Waals surface area contributed by atoms with Gasteiger partial charge in [-0.2, -0.15) is 0 Å². The quantitative estimate of drug-likeness (QED) is 0.574. The molecule has 1 amide bonds. The van der Waals surface area contributed by atoms with E-state index in [2.05, 4.69) is 17.4 Å². The monoisotopic (exact) mass is 404 g/mol. The number of carbonyl (C=O) groups excluding carboxylic acids is 2. The number of ether oxygens (including phenoxy) is 1. The van der Waals surface area contributed by atoms with E-state index in [0.717, 1.165) is 33.6 Å². The zero-order chi connectivity index (χ0) is 21.8. The number of nitrogens with one attached hydrogen (secondary N) is 1. The van der Waals surface area contributed by atoms with Gasteiger partial charge in [-0.3, -0.25) is 4.79 Å². The molecule has 3 aromatic rings. The van der Waals surface area contributed by atoms with Crippen molar-refractivity contribution < 1.29 is 14.3 Å². The van der Waals surface area contributed by atoms with E-state index in [-0.39, 0.29) is 18.4 Å². The predicted octanol–water partition coefficient (Wildman–Crippen LogP) is 5.20. The number of hydrogen-bond acceptors (Lipinski definition) is 3. The van der Waals surface area contributed by atoms with Crippen LogP contribution >= 0.6 is 0 Å². The number of rotatable bonds is 6. The molecule has 0 aliphatic carbocycles. The van der Waals surface area contributed by atoms with E-state index in [1.54, 1.807) is 13.0 Å². The van der Waals surface area contributed by atoms with Crippen molar-refractivity contribution >= 4 is 17.6 Å². The highest BCUT2D eigenvalue weighted by atomic mass is 16.5. The summed E-state index contributed by atoms with van der Waals surface area (Å²) in [6.07, 6.45) is 0. The average molecular weight is 405 g/mol. The van der Waals surface area contributed by atoms with Gasteiger partial charge in [0.25, 0.3) is 0 Å². The van der Waals surface area contributed by atoms with E-state index in [0.29, 0.717) is 17.9 Å². The van der Waals surface area contributed by atoms with Crippen LogP contribution in [0.2, 0.25) is 0 Å². The number of aryl methyl sites for hydroxylation is 3. The Bertz CT molecular complexity index is 1060. The first kappa shape index (κ1) is 21.4. The third kappa shape index (κ3) is 4.46. The third-order valence-electron chi connectivity index (χ3n) is 5.17. The van der Waals surface area contributed by atoms with Crippen molar-refractivity contribution in [2.24, 2.45) is 0 Å². The van der Waals surface area contributed by atoms with Crippen LogP contribution in [0.25, 0.3) is 11.3 Å². The lowest BCUT2D eigenvalue weighted by molar-refractivity contribution is -0.116. The lowest BCUT2D eigenvalue weighted by Crippen LogP contribution is -2.21. The number of anilines is 1. The number of esters is 1. The van der Waals surface area contributed by atoms with E-state index in [1.165, 1.54) is 0 Å². The van der Waals surface area contributed by atoms with Crippen LogP contribution < -0.4 is 5.32 Å². The molecular formula is C25H28N2O3. The van der Waals surface area contributed by atoms with Gasteiger partial charge in [-0.1, -0.05) is 48.0 Å². The molecule has 0 atom stereocenters. The second-order valence-corrected chi connectivity index (χ2v) is 7.52. The molecule has 3 rings (SSSR count). The first-order valence-corrected chi connectivity index (χ1v) is 10.1. The molecule has 0 saturated carbocycles. The Morgan fingerprint density at radius 1 is 0.967 bits per heavy atom. The fourth-order valence-corrected chi connectivity index (χ4v) is 3.81. The van der Waals surface area contributed by atoms with Gasteiger partial charge in [-0.25, -0.2) is 4.79 Å². The maximum absolute atomic E-state index is 13.0. The fourth-order valence-electron chi connectivity index (χ4n) is 3.81. The molecule has 156 valence electrons. The number of hydrogen-bond donors (Lipinski definition) is 1. The van der Waals surface area contributed by atoms with Gasteiger partial charge < -0.3 is 14.6 Å². The highest BCUT2D eigenvalue weighted by Gasteiger charge is 2.21. The molecule has 0 aliphatic rings. The molecule has 30 heavy (non-hydrogen) atoms. The zero-order valence-electron chi connectivity index (χ0n) is 18.2. The summed E-state index contributed by atoms with van der Waals surface area (Å²) in [5.41, 5.74) is 6.99. The fraction of sp³-hybridized carbons (Fsp3) is 0.280. The lowest BCUT2D eigenvalue weighted by atomic mass is 10.1. The number of nitrogens with zero attached hydrogens (tertiary/aromatic N) is 1. The molecule has 5 heteroatoms. The Morgan fingerprint density at radius 2 is 1.60 bits per heavy atom. The number of amides is 1. The van der Waals surface area contributed by atoms with Crippen molar-refractivity contribution in [3.63, 3.8) is 0 Å². The largest absolute Gasteiger partial charge is 0.462 e. The maximum Gasteiger partial charge on any atom is 0.339 e. The van der Waals surface area contributed by atoms with Crippen LogP contribution in [0.5, 0.6) is 0 Å². The van der Waals surface area contributed by atoms with E-state index in [9.17, 15) is 9.59 Å². The summed E-state index contributed by atoms with van der Waals surface area (Å²) in [7, 11) is 0. The van der Waals surface area contributed by atoms with Gasteiger partial charge in [-0.15, -0.1) is 0 Å². The minimum absolute atomic E-state index is 0.0994. The van der Waals surface area contributed by atoms with Crippen LogP contribution in [0.15, 0.2) is 48.5 Å². The topological polar surface area (TPSA) is 60.3 Å². The van der Waals surface area contributed by atoms with E-state index in [1.807, 2.05) is 62.6 Å². The van der Waals surface area contributed by atoms with Gasteiger partial charge in [0.1, 0.15) is 6.54 Å². The molecule has 1 heterocycles. The van der Waals surface area contributed by atoms with Crippen LogP contribution in [0.4, 0.5) is 5.69 Å². The summed E-state index contributed by atoms with van der Waals surface area (Å²) in [5.74, 6) is -0.520. The van der Waals surface area contributed by atoms with E-state index >= 15 is 0 Å². The molecule has 0 aliphatic heterocycles. The average Bonchev–Trinajstić information content (AvgIpc) is 3.02. The standard InChI is InChI=1S/C25H28N2O3/c1-6-30-25(29)21-14-22(20-10-8-7-9-11-20)27(19(21)5)15-23(28)26-24-17(3)12-16(2)13-18(24)4/h7-14H,6,15H2,1-5H3,(H,26,28). The first-order chi connectivity index (χ1) is 14.3. The van der Waals surface area contributed by atoms with Crippen LogP contribution in [0.1, 0.15) is 39.7 Å². The van der Waals surface area contributed by atoms with E-state index < -0.39 is 0 Å². The summed E-state index contributed by atoms with van der Waals surface area (Å²) < 4.78 is 7.07. The number of aromatic nitrogens is 1. The third-order valence-corrected chi connectivity index (χ3v) is 5.17. The van der Waals surface area contributed by atoms with Gasteiger partial charge in [0, 0.05) is 17.1 Å². The SMILES string of the molecule is CCOC(=O)c1cc(-c2ccccc2)n(CC(=O)Nc2c(C)cc(C)cc2C)c1C. The van der Waals surface area contributed by atoms with Crippen molar-refractivity contribution in [2.45, 2.75) is 41.2 Å². The lowest BCUT2D eigenvalue weighted by Gasteiger charge is -2.15. The van der Waals surface area contributed by atoms with Gasteiger partial charge in [0.05, 0.1) is 12.2 Å². The molecule has 2 aromatic carbocycles. The molecule has 1 N–H and O–H groups in total. The van der Waals surface area contributed by atoms with Crippen molar-refractivity contribution in [3.05, 3.63) is 76.5 Å². The van der Waals surface area contributed by atoms with Crippen molar-refractivity contribution in [2.75, 3.05) is 11.9 Å².